The first-order valence-electron chi connectivity index (χ1n) is 5.43. The van der Waals surface area contributed by atoms with Gasteiger partial charge in [-0.15, -0.1) is 6.58 Å². The Morgan fingerprint density at radius 3 is 2.45 bits per heavy atom. The van der Waals surface area contributed by atoms with E-state index in [4.69, 9.17) is 0 Å². The summed E-state index contributed by atoms with van der Waals surface area (Å²) in [6.45, 7) is 3.22. The SMILES string of the molecule is C=CCS(=O)(=O)CC(=O)Nc1ccccc1C(F)(F)F. The number of rotatable bonds is 5. The summed E-state index contributed by atoms with van der Waals surface area (Å²) in [5, 5.41) is 1.96. The predicted molar refractivity (Wildman–Crippen MR) is 68.9 cm³/mol. The fraction of sp³-hybridized carbons (Fsp3) is 0.250. The maximum Gasteiger partial charge on any atom is 0.418 e. The van der Waals surface area contributed by atoms with Crippen LogP contribution < -0.4 is 5.32 Å². The lowest BCUT2D eigenvalue weighted by molar-refractivity contribution is -0.137. The van der Waals surface area contributed by atoms with Gasteiger partial charge in [0.25, 0.3) is 0 Å². The minimum absolute atomic E-state index is 0.415. The molecule has 0 bridgehead atoms. The Balaban J connectivity index is 2.90. The number of halogens is 3. The highest BCUT2D eigenvalue weighted by atomic mass is 32.2. The summed E-state index contributed by atoms with van der Waals surface area (Å²) in [6, 6.07) is 4.34. The molecule has 0 aliphatic carbocycles. The predicted octanol–water partition coefficient (Wildman–Crippen LogP) is 2.24. The van der Waals surface area contributed by atoms with Crippen LogP contribution in [0.15, 0.2) is 36.9 Å². The molecule has 0 radical (unpaired) electrons. The molecule has 0 fully saturated rings. The number of sulfone groups is 1. The summed E-state index contributed by atoms with van der Waals surface area (Å²) in [7, 11) is -3.71. The molecule has 8 heteroatoms. The number of amides is 1. The number of anilines is 1. The zero-order valence-corrected chi connectivity index (χ0v) is 11.1. The smallest absolute Gasteiger partial charge is 0.325 e. The highest BCUT2D eigenvalue weighted by Crippen LogP contribution is 2.34. The third-order valence-electron chi connectivity index (χ3n) is 2.23. The van der Waals surface area contributed by atoms with Crippen LogP contribution in [0.2, 0.25) is 0 Å². The van der Waals surface area contributed by atoms with Crippen molar-refractivity contribution >= 4 is 21.4 Å². The molecule has 0 aliphatic rings. The Hall–Kier alpha value is -1.83. The molecule has 0 aliphatic heterocycles. The topological polar surface area (TPSA) is 63.2 Å². The van der Waals surface area contributed by atoms with E-state index in [2.05, 4.69) is 6.58 Å². The van der Waals surface area contributed by atoms with Crippen LogP contribution in [-0.2, 0) is 20.8 Å². The van der Waals surface area contributed by atoms with Gasteiger partial charge in [-0.25, -0.2) is 8.42 Å². The van der Waals surface area contributed by atoms with Crippen molar-refractivity contribution < 1.29 is 26.4 Å². The Kier molecular flexibility index (Phi) is 4.93. The standard InChI is InChI=1S/C12H12F3NO3S/c1-2-7-20(18,19)8-11(17)16-10-6-4-3-5-9(10)12(13,14)15/h2-6H,1,7-8H2,(H,16,17). The van der Waals surface area contributed by atoms with Crippen LogP contribution in [0.25, 0.3) is 0 Å². The van der Waals surface area contributed by atoms with Crippen molar-refractivity contribution in [3.05, 3.63) is 42.5 Å². The monoisotopic (exact) mass is 307 g/mol. The third kappa shape index (κ3) is 4.69. The minimum Gasteiger partial charge on any atom is -0.325 e. The summed E-state index contributed by atoms with van der Waals surface area (Å²) in [6.07, 6.45) is -3.53. The summed E-state index contributed by atoms with van der Waals surface area (Å²) < 4.78 is 60.7. The van der Waals surface area contributed by atoms with Gasteiger partial charge in [-0.05, 0) is 12.1 Å². The molecule has 1 rings (SSSR count). The van der Waals surface area contributed by atoms with Crippen molar-refractivity contribution in [2.24, 2.45) is 0 Å². The van der Waals surface area contributed by atoms with Gasteiger partial charge >= 0.3 is 6.18 Å². The van der Waals surface area contributed by atoms with E-state index in [9.17, 15) is 26.4 Å². The highest BCUT2D eigenvalue weighted by molar-refractivity contribution is 7.92. The van der Waals surface area contributed by atoms with Crippen LogP contribution in [0.5, 0.6) is 0 Å². The van der Waals surface area contributed by atoms with Gasteiger partial charge < -0.3 is 5.32 Å². The largest absolute Gasteiger partial charge is 0.418 e. The Labute approximate surface area is 114 Å². The second kappa shape index (κ2) is 6.08. The molecule has 1 aromatic rings. The molecule has 1 amide bonds. The van der Waals surface area contributed by atoms with E-state index in [0.717, 1.165) is 18.2 Å². The van der Waals surface area contributed by atoms with E-state index in [1.807, 2.05) is 5.32 Å². The van der Waals surface area contributed by atoms with Gasteiger partial charge in [-0.3, -0.25) is 4.79 Å². The molecule has 0 saturated carbocycles. The molecule has 110 valence electrons. The summed E-state index contributed by atoms with van der Waals surface area (Å²) in [5.74, 6) is -2.34. The molecule has 20 heavy (non-hydrogen) atoms. The number of benzene rings is 1. The van der Waals surface area contributed by atoms with Crippen LogP contribution in [0.3, 0.4) is 0 Å². The molecular formula is C12H12F3NO3S. The average Bonchev–Trinajstić information content (AvgIpc) is 2.26. The van der Waals surface area contributed by atoms with Crippen LogP contribution in [0, 0.1) is 0 Å². The van der Waals surface area contributed by atoms with E-state index in [1.165, 1.54) is 12.1 Å². The number of para-hydroxylation sites is 1. The highest BCUT2D eigenvalue weighted by Gasteiger charge is 2.33. The van der Waals surface area contributed by atoms with Gasteiger partial charge in [-0.1, -0.05) is 18.2 Å². The van der Waals surface area contributed by atoms with E-state index >= 15 is 0 Å². The zero-order valence-electron chi connectivity index (χ0n) is 10.3. The van der Waals surface area contributed by atoms with Gasteiger partial charge in [0.2, 0.25) is 5.91 Å². The lowest BCUT2D eigenvalue weighted by atomic mass is 10.1. The summed E-state index contributed by atoms with van der Waals surface area (Å²) in [5.41, 5.74) is -1.51. The minimum atomic E-state index is -4.64. The molecule has 0 heterocycles. The van der Waals surface area contributed by atoms with Gasteiger partial charge in [0.1, 0.15) is 5.75 Å². The van der Waals surface area contributed by atoms with Crippen LogP contribution in [0.4, 0.5) is 18.9 Å². The fourth-order valence-electron chi connectivity index (χ4n) is 1.46. The first-order valence-corrected chi connectivity index (χ1v) is 7.25. The maximum atomic E-state index is 12.7. The molecule has 0 aromatic heterocycles. The Bertz CT molecular complexity index is 609. The quantitative estimate of drug-likeness (QED) is 0.849. The number of nitrogens with one attached hydrogen (secondary N) is 1. The molecular weight excluding hydrogens is 295 g/mol. The lowest BCUT2D eigenvalue weighted by Gasteiger charge is -2.13. The third-order valence-corrected chi connectivity index (χ3v) is 3.67. The number of carbonyl (C=O) groups excluding carboxylic acids is 1. The fourth-order valence-corrected chi connectivity index (χ4v) is 2.41. The molecule has 0 unspecified atom stereocenters. The Morgan fingerprint density at radius 2 is 1.90 bits per heavy atom. The van der Waals surface area contributed by atoms with E-state index in [1.54, 1.807) is 0 Å². The number of carbonyl (C=O) groups is 1. The van der Waals surface area contributed by atoms with Gasteiger partial charge in [0.05, 0.1) is 17.0 Å². The summed E-state index contributed by atoms with van der Waals surface area (Å²) in [4.78, 5) is 11.5. The van der Waals surface area contributed by atoms with Crippen molar-refractivity contribution in [3.63, 3.8) is 0 Å². The molecule has 4 nitrogen and oxygen atoms in total. The maximum absolute atomic E-state index is 12.7. The molecule has 1 aromatic carbocycles. The van der Waals surface area contributed by atoms with Crippen molar-refractivity contribution in [1.82, 2.24) is 0 Å². The van der Waals surface area contributed by atoms with E-state index in [0.29, 0.717) is 0 Å². The van der Waals surface area contributed by atoms with Crippen LogP contribution >= 0.6 is 0 Å². The first kappa shape index (κ1) is 16.2. The van der Waals surface area contributed by atoms with Crippen molar-refractivity contribution in [3.8, 4) is 0 Å². The Morgan fingerprint density at radius 1 is 1.30 bits per heavy atom. The van der Waals surface area contributed by atoms with Crippen LogP contribution in [-0.4, -0.2) is 25.8 Å². The number of hydrogen-bond donors (Lipinski definition) is 1. The van der Waals surface area contributed by atoms with Gasteiger partial charge in [0, 0.05) is 0 Å². The second-order valence-corrected chi connectivity index (χ2v) is 6.04. The van der Waals surface area contributed by atoms with E-state index < -0.39 is 44.7 Å². The molecule has 1 N–H and O–H groups in total. The lowest BCUT2D eigenvalue weighted by Crippen LogP contribution is -2.25. The van der Waals surface area contributed by atoms with Crippen molar-refractivity contribution in [1.29, 1.82) is 0 Å². The van der Waals surface area contributed by atoms with Gasteiger partial charge in [0.15, 0.2) is 9.84 Å². The zero-order chi connectivity index (χ0) is 15.4. The second-order valence-electron chi connectivity index (χ2n) is 3.93. The van der Waals surface area contributed by atoms with Crippen molar-refractivity contribution in [2.45, 2.75) is 6.18 Å². The van der Waals surface area contributed by atoms with Crippen molar-refractivity contribution in [2.75, 3.05) is 16.8 Å². The number of hydrogen-bond acceptors (Lipinski definition) is 3. The van der Waals surface area contributed by atoms with E-state index in [-0.39, 0.29) is 0 Å². The normalized spacial score (nSPS) is 11.9. The molecule has 0 saturated heterocycles. The molecule has 0 atom stereocenters. The summed E-state index contributed by atoms with van der Waals surface area (Å²) >= 11 is 0. The van der Waals surface area contributed by atoms with Gasteiger partial charge in [-0.2, -0.15) is 13.2 Å². The van der Waals surface area contributed by atoms with Crippen LogP contribution in [0.1, 0.15) is 5.56 Å². The first-order chi connectivity index (χ1) is 9.15. The average molecular weight is 307 g/mol. The number of alkyl halides is 3. The molecule has 0 spiro atoms.